The fourth-order valence-electron chi connectivity index (χ4n) is 1.30. The topological polar surface area (TPSA) is 43.4 Å². The molecule has 0 atom stereocenters. The standard InChI is InChI=1S/C12H22O3/c1-4-5-6-7-8-11(13)9-12(14)15-10(2)3/h10H,4-9H2,1-3H3. The Morgan fingerprint density at radius 1 is 1.13 bits per heavy atom. The highest BCUT2D eigenvalue weighted by molar-refractivity contribution is 5.95. The summed E-state index contributed by atoms with van der Waals surface area (Å²) >= 11 is 0. The van der Waals surface area contributed by atoms with E-state index in [2.05, 4.69) is 6.92 Å². The van der Waals surface area contributed by atoms with Gasteiger partial charge in [-0.1, -0.05) is 26.2 Å². The van der Waals surface area contributed by atoms with Crippen molar-refractivity contribution >= 4 is 11.8 Å². The molecule has 0 aromatic rings. The lowest BCUT2D eigenvalue weighted by Crippen LogP contribution is -2.15. The van der Waals surface area contributed by atoms with Crippen LogP contribution in [0.3, 0.4) is 0 Å². The van der Waals surface area contributed by atoms with Gasteiger partial charge in [-0.2, -0.15) is 0 Å². The summed E-state index contributed by atoms with van der Waals surface area (Å²) in [6.07, 6.45) is 4.58. The average Bonchev–Trinajstić information content (AvgIpc) is 2.10. The molecule has 0 saturated heterocycles. The van der Waals surface area contributed by atoms with Crippen molar-refractivity contribution in [3.63, 3.8) is 0 Å². The monoisotopic (exact) mass is 214 g/mol. The molecule has 0 rings (SSSR count). The van der Waals surface area contributed by atoms with Crippen LogP contribution < -0.4 is 0 Å². The minimum atomic E-state index is -0.398. The molecule has 0 aliphatic rings. The first kappa shape index (κ1) is 14.1. The van der Waals surface area contributed by atoms with E-state index >= 15 is 0 Å². The Bertz CT molecular complexity index is 197. The zero-order valence-corrected chi connectivity index (χ0v) is 10.0. The highest BCUT2D eigenvalue weighted by atomic mass is 16.5. The highest BCUT2D eigenvalue weighted by Gasteiger charge is 2.11. The zero-order valence-electron chi connectivity index (χ0n) is 10.0. The van der Waals surface area contributed by atoms with Gasteiger partial charge in [0.2, 0.25) is 0 Å². The van der Waals surface area contributed by atoms with Gasteiger partial charge < -0.3 is 4.74 Å². The van der Waals surface area contributed by atoms with Gasteiger partial charge >= 0.3 is 5.97 Å². The number of hydrogen-bond donors (Lipinski definition) is 0. The Morgan fingerprint density at radius 2 is 1.80 bits per heavy atom. The molecule has 0 heterocycles. The van der Waals surface area contributed by atoms with E-state index in [4.69, 9.17) is 4.74 Å². The quantitative estimate of drug-likeness (QED) is 0.354. The average molecular weight is 214 g/mol. The minimum Gasteiger partial charge on any atom is -0.463 e. The van der Waals surface area contributed by atoms with Crippen LogP contribution in [0.15, 0.2) is 0 Å². The number of esters is 1. The normalized spacial score (nSPS) is 10.4. The molecular formula is C12H22O3. The predicted octanol–water partition coefficient (Wildman–Crippen LogP) is 2.87. The molecule has 0 aromatic carbocycles. The Labute approximate surface area is 92.2 Å². The van der Waals surface area contributed by atoms with E-state index in [9.17, 15) is 9.59 Å². The Kier molecular flexibility index (Phi) is 7.96. The van der Waals surface area contributed by atoms with E-state index in [1.165, 1.54) is 0 Å². The third-order valence-corrected chi connectivity index (χ3v) is 2.02. The first-order valence-corrected chi connectivity index (χ1v) is 5.77. The van der Waals surface area contributed by atoms with Crippen molar-refractivity contribution in [3.05, 3.63) is 0 Å². The fourth-order valence-corrected chi connectivity index (χ4v) is 1.30. The van der Waals surface area contributed by atoms with Crippen molar-refractivity contribution in [1.29, 1.82) is 0 Å². The van der Waals surface area contributed by atoms with Crippen LogP contribution >= 0.6 is 0 Å². The maximum Gasteiger partial charge on any atom is 0.313 e. The number of unbranched alkanes of at least 4 members (excludes halogenated alkanes) is 3. The molecule has 88 valence electrons. The highest BCUT2D eigenvalue weighted by Crippen LogP contribution is 2.05. The van der Waals surface area contributed by atoms with Gasteiger partial charge in [-0.15, -0.1) is 0 Å². The van der Waals surface area contributed by atoms with Gasteiger partial charge in [0.15, 0.2) is 0 Å². The van der Waals surface area contributed by atoms with E-state index in [1.54, 1.807) is 13.8 Å². The Balaban J connectivity index is 3.51. The third kappa shape index (κ3) is 9.44. The summed E-state index contributed by atoms with van der Waals surface area (Å²) in [5.41, 5.74) is 0. The molecule has 0 amide bonds. The third-order valence-electron chi connectivity index (χ3n) is 2.02. The predicted molar refractivity (Wildman–Crippen MR) is 59.6 cm³/mol. The molecule has 0 N–H and O–H groups in total. The lowest BCUT2D eigenvalue weighted by atomic mass is 10.1. The molecule has 0 aliphatic heterocycles. The minimum absolute atomic E-state index is 0.00301. The van der Waals surface area contributed by atoms with E-state index in [1.807, 2.05) is 0 Å². The number of rotatable bonds is 8. The van der Waals surface area contributed by atoms with Crippen LogP contribution in [0.5, 0.6) is 0 Å². The second-order valence-corrected chi connectivity index (χ2v) is 4.06. The summed E-state index contributed by atoms with van der Waals surface area (Å²) in [5, 5.41) is 0. The van der Waals surface area contributed by atoms with Crippen LogP contribution in [0.25, 0.3) is 0 Å². The molecule has 0 spiro atoms. The zero-order chi connectivity index (χ0) is 11.7. The van der Waals surface area contributed by atoms with Crippen molar-refractivity contribution in [2.45, 2.75) is 65.4 Å². The van der Waals surface area contributed by atoms with Crippen molar-refractivity contribution in [1.82, 2.24) is 0 Å². The molecule has 0 aromatic heterocycles. The van der Waals surface area contributed by atoms with Gasteiger partial charge in [0, 0.05) is 6.42 Å². The van der Waals surface area contributed by atoms with Crippen molar-refractivity contribution < 1.29 is 14.3 Å². The van der Waals surface area contributed by atoms with Gasteiger partial charge in [0.25, 0.3) is 0 Å². The Hall–Kier alpha value is -0.860. The summed E-state index contributed by atoms with van der Waals surface area (Å²) in [4.78, 5) is 22.4. The summed E-state index contributed by atoms with van der Waals surface area (Å²) < 4.78 is 4.89. The number of ether oxygens (including phenoxy) is 1. The maximum atomic E-state index is 11.3. The molecule has 0 fully saturated rings. The van der Waals surface area contributed by atoms with Crippen molar-refractivity contribution in [2.24, 2.45) is 0 Å². The first-order valence-electron chi connectivity index (χ1n) is 5.77. The second-order valence-electron chi connectivity index (χ2n) is 4.06. The van der Waals surface area contributed by atoms with Crippen LogP contribution in [0.1, 0.15) is 59.3 Å². The largest absolute Gasteiger partial charge is 0.463 e. The van der Waals surface area contributed by atoms with Gasteiger partial charge in [-0.05, 0) is 20.3 Å². The molecule has 3 nitrogen and oxygen atoms in total. The molecule has 0 bridgehead atoms. The van der Waals surface area contributed by atoms with Crippen LogP contribution in [-0.4, -0.2) is 17.9 Å². The molecule has 0 aliphatic carbocycles. The number of ketones is 1. The van der Waals surface area contributed by atoms with Crippen LogP contribution in [0, 0.1) is 0 Å². The summed E-state index contributed by atoms with van der Waals surface area (Å²) in [7, 11) is 0. The molecule has 15 heavy (non-hydrogen) atoms. The number of Topliss-reactive ketones (excluding diaryl/α,β-unsaturated/α-hetero) is 1. The smallest absolute Gasteiger partial charge is 0.313 e. The van der Waals surface area contributed by atoms with Gasteiger partial charge in [0.1, 0.15) is 12.2 Å². The van der Waals surface area contributed by atoms with Gasteiger partial charge in [-0.3, -0.25) is 9.59 Å². The van der Waals surface area contributed by atoms with Crippen molar-refractivity contribution in [2.75, 3.05) is 0 Å². The maximum absolute atomic E-state index is 11.3. The number of hydrogen-bond acceptors (Lipinski definition) is 3. The summed E-state index contributed by atoms with van der Waals surface area (Å²) in [5.74, 6) is -0.401. The van der Waals surface area contributed by atoms with Crippen LogP contribution in [-0.2, 0) is 14.3 Å². The fraction of sp³-hybridized carbons (Fsp3) is 0.833. The van der Waals surface area contributed by atoms with Crippen molar-refractivity contribution in [3.8, 4) is 0 Å². The first-order chi connectivity index (χ1) is 7.06. The molecule has 0 radical (unpaired) electrons. The number of carbonyl (C=O) groups is 2. The van der Waals surface area contributed by atoms with E-state index in [-0.39, 0.29) is 18.3 Å². The SMILES string of the molecule is CCCCCCC(=O)CC(=O)OC(C)C. The van der Waals surface area contributed by atoms with Gasteiger partial charge in [0.05, 0.1) is 6.10 Å². The molecule has 0 saturated carbocycles. The Morgan fingerprint density at radius 3 is 2.33 bits per heavy atom. The van der Waals surface area contributed by atoms with Crippen LogP contribution in [0.4, 0.5) is 0 Å². The second kappa shape index (κ2) is 8.45. The van der Waals surface area contributed by atoms with E-state index < -0.39 is 5.97 Å². The molecule has 3 heteroatoms. The van der Waals surface area contributed by atoms with E-state index in [0.29, 0.717) is 6.42 Å². The van der Waals surface area contributed by atoms with Gasteiger partial charge in [-0.25, -0.2) is 0 Å². The summed E-state index contributed by atoms with van der Waals surface area (Å²) in [6, 6.07) is 0. The molecular weight excluding hydrogens is 192 g/mol. The van der Waals surface area contributed by atoms with Crippen LogP contribution in [0.2, 0.25) is 0 Å². The lowest BCUT2D eigenvalue weighted by molar-refractivity contribution is -0.149. The summed E-state index contributed by atoms with van der Waals surface area (Å²) in [6.45, 7) is 5.69. The van der Waals surface area contributed by atoms with E-state index in [0.717, 1.165) is 25.7 Å². The number of carbonyl (C=O) groups excluding carboxylic acids is 2. The molecule has 0 unspecified atom stereocenters. The lowest BCUT2D eigenvalue weighted by Gasteiger charge is -2.06.